The van der Waals surface area contributed by atoms with Gasteiger partial charge >= 0.3 is 77.0 Å². The molecule has 0 heterocycles. The number of hydrogen-bond donors (Lipinski definition) is 4. The van der Waals surface area contributed by atoms with Crippen LogP contribution in [0.3, 0.4) is 0 Å². The van der Waals surface area contributed by atoms with E-state index in [0.717, 1.165) is 6.08 Å². The summed E-state index contributed by atoms with van der Waals surface area (Å²) in [5, 5.41) is 37.1. The standard InChI is InChI=1S/C10H13NO8.H3N.2Na.2H/c1-2-6(10(18)19)11(3-7(12)13,4-8(14)15)5-9(16)17;;;;;/h2,6H,1,3-5H2,(H3-,12,13,14,15,16,17,18,19);1H3;;;;/q;;2*+1;2*-1. The van der Waals surface area contributed by atoms with Gasteiger partial charge in [0.25, 0.3) is 0 Å². The average molecular weight is 340 g/mol. The molecule has 0 aliphatic heterocycles. The van der Waals surface area contributed by atoms with Crippen LogP contribution in [0.1, 0.15) is 2.85 Å². The molecule has 0 aliphatic carbocycles. The Morgan fingerprint density at radius 3 is 1.59 bits per heavy atom. The summed E-state index contributed by atoms with van der Waals surface area (Å²) in [5.74, 6) is -6.39. The molecular formula is C10H18N2Na2O8. The van der Waals surface area contributed by atoms with Gasteiger partial charge in [-0.25, -0.2) is 14.4 Å². The normalized spacial score (nSPS) is 10.7. The molecule has 0 spiro atoms. The first kappa shape index (κ1) is 29.5. The molecule has 0 aromatic carbocycles. The summed E-state index contributed by atoms with van der Waals surface area (Å²) in [7, 11) is 0. The van der Waals surface area contributed by atoms with Crippen LogP contribution in [-0.2, 0) is 19.2 Å². The van der Waals surface area contributed by atoms with E-state index < -0.39 is 54.0 Å². The Hall–Kier alpha value is -0.460. The van der Waals surface area contributed by atoms with Crippen LogP contribution in [0.5, 0.6) is 0 Å². The quantitative estimate of drug-likeness (QED) is 0.179. The summed E-state index contributed by atoms with van der Waals surface area (Å²) < 4.78 is -1.24. The van der Waals surface area contributed by atoms with Gasteiger partial charge in [0.15, 0.2) is 13.1 Å². The first-order chi connectivity index (χ1) is 8.64. The number of rotatable bonds is 9. The Balaban J connectivity index is -0.000000162. The molecule has 0 amide bonds. The number of nitrogens with zero attached hydrogens (tertiary/aromatic N) is 1. The fraction of sp³-hybridized carbons (Fsp3) is 0.400. The molecule has 0 saturated heterocycles. The maximum absolute atomic E-state index is 11.0. The van der Waals surface area contributed by atoms with E-state index in [1.807, 2.05) is 0 Å². The fourth-order valence-electron chi connectivity index (χ4n) is 1.82. The maximum Gasteiger partial charge on any atom is 1.00 e. The second-order valence-corrected chi connectivity index (χ2v) is 3.87. The van der Waals surface area contributed by atoms with Gasteiger partial charge in [0.2, 0.25) is 6.04 Å². The third-order valence-electron chi connectivity index (χ3n) is 2.41. The molecule has 0 aliphatic rings. The van der Waals surface area contributed by atoms with Crippen LogP contribution in [-0.4, -0.2) is 69.4 Å². The van der Waals surface area contributed by atoms with Gasteiger partial charge in [-0.15, -0.1) is 0 Å². The Morgan fingerprint density at radius 2 is 1.41 bits per heavy atom. The Kier molecular flexibility index (Phi) is 17.5. The molecule has 118 valence electrons. The number of hydrogen-bond acceptors (Lipinski definition) is 6. The van der Waals surface area contributed by atoms with Crippen LogP contribution in [0, 0.1) is 0 Å². The van der Waals surface area contributed by atoms with Gasteiger partial charge in [0.05, 0.1) is 5.97 Å². The molecule has 12 heteroatoms. The van der Waals surface area contributed by atoms with E-state index in [9.17, 15) is 24.3 Å². The van der Waals surface area contributed by atoms with E-state index in [-0.39, 0.29) is 68.1 Å². The Labute approximate surface area is 173 Å². The number of aliphatic carboxylic acids is 4. The van der Waals surface area contributed by atoms with Crippen LogP contribution < -0.4 is 70.4 Å². The number of carboxylic acid groups (broad SMARTS) is 4. The average Bonchev–Trinajstić information content (AvgIpc) is 2.12. The smallest absolute Gasteiger partial charge is 1.00 e. The van der Waals surface area contributed by atoms with Gasteiger partial charge in [0, 0.05) is 0 Å². The van der Waals surface area contributed by atoms with Crippen molar-refractivity contribution in [3.63, 3.8) is 0 Å². The molecule has 0 rings (SSSR count). The molecule has 0 radical (unpaired) electrons. The van der Waals surface area contributed by atoms with Crippen molar-refractivity contribution in [3.05, 3.63) is 12.7 Å². The fourth-order valence-corrected chi connectivity index (χ4v) is 1.82. The minimum Gasteiger partial charge on any atom is -1.00 e. The maximum atomic E-state index is 11.0. The minimum atomic E-state index is -1.75. The van der Waals surface area contributed by atoms with Crippen molar-refractivity contribution in [2.24, 2.45) is 0 Å². The van der Waals surface area contributed by atoms with E-state index in [2.05, 4.69) is 6.58 Å². The number of carbonyl (C=O) groups excluding carboxylic acids is 1. The van der Waals surface area contributed by atoms with Gasteiger partial charge in [-0.05, 0) is 6.08 Å². The van der Waals surface area contributed by atoms with Gasteiger partial charge in [0.1, 0.15) is 6.54 Å². The molecule has 0 aromatic rings. The van der Waals surface area contributed by atoms with Gasteiger partial charge < -0.3 is 34.2 Å². The zero-order valence-electron chi connectivity index (χ0n) is 14.5. The van der Waals surface area contributed by atoms with Crippen molar-refractivity contribution in [1.29, 1.82) is 0 Å². The molecule has 6 N–H and O–H groups in total. The van der Waals surface area contributed by atoms with Gasteiger partial charge in [-0.1, -0.05) is 6.58 Å². The van der Waals surface area contributed by atoms with E-state index in [0.29, 0.717) is 0 Å². The van der Waals surface area contributed by atoms with E-state index in [1.54, 1.807) is 0 Å². The molecule has 22 heavy (non-hydrogen) atoms. The summed E-state index contributed by atoms with van der Waals surface area (Å²) in [4.78, 5) is 43.3. The molecule has 10 nitrogen and oxygen atoms in total. The second-order valence-electron chi connectivity index (χ2n) is 3.87. The van der Waals surface area contributed by atoms with Gasteiger partial charge in [-0.2, -0.15) is 0 Å². The number of carbonyl (C=O) groups is 4. The predicted octanol–water partition coefficient (Wildman–Crippen LogP) is -8.24. The van der Waals surface area contributed by atoms with Crippen molar-refractivity contribution in [2.75, 3.05) is 19.6 Å². The summed E-state index contributed by atoms with van der Waals surface area (Å²) in [6.07, 6.45) is 0.803. The van der Waals surface area contributed by atoms with Crippen LogP contribution >= 0.6 is 0 Å². The zero-order chi connectivity index (χ0) is 15.2. The van der Waals surface area contributed by atoms with E-state index in [4.69, 9.17) is 15.3 Å². The number of carboxylic acids is 4. The van der Waals surface area contributed by atoms with Crippen LogP contribution in [0.2, 0.25) is 0 Å². The molecule has 1 atom stereocenters. The minimum absolute atomic E-state index is 0. The molecule has 0 bridgehead atoms. The third kappa shape index (κ3) is 9.54. The zero-order valence-corrected chi connectivity index (χ0v) is 16.5. The molecular weight excluding hydrogens is 322 g/mol. The first-order valence-corrected chi connectivity index (χ1v) is 4.99. The SMILES string of the molecule is C=CC(C(=O)O)[N+](CC(=O)[O-])(CC(=O)O)CC(=O)O.N.[H-].[H-].[Na+].[Na+]. The largest absolute Gasteiger partial charge is 1.00 e. The molecule has 0 fully saturated rings. The van der Waals surface area contributed by atoms with Crippen LogP contribution in [0.4, 0.5) is 0 Å². The third-order valence-corrected chi connectivity index (χ3v) is 2.41. The van der Waals surface area contributed by atoms with Crippen LogP contribution in [0.25, 0.3) is 0 Å². The predicted molar refractivity (Wildman–Crippen MR) is 64.0 cm³/mol. The molecule has 0 aromatic heterocycles. The summed E-state index contributed by atoms with van der Waals surface area (Å²) >= 11 is 0. The summed E-state index contributed by atoms with van der Waals surface area (Å²) in [6, 6.07) is -1.69. The van der Waals surface area contributed by atoms with Crippen molar-refractivity contribution in [1.82, 2.24) is 6.15 Å². The van der Waals surface area contributed by atoms with Crippen LogP contribution in [0.15, 0.2) is 12.7 Å². The summed E-state index contributed by atoms with van der Waals surface area (Å²) in [6.45, 7) is 0.113. The van der Waals surface area contributed by atoms with Crippen molar-refractivity contribution < 1.29 is 106 Å². The number of quaternary nitrogens is 1. The Bertz CT molecular complexity index is 398. The summed E-state index contributed by atoms with van der Waals surface area (Å²) in [5.41, 5.74) is 0. The van der Waals surface area contributed by atoms with Crippen molar-refractivity contribution in [3.8, 4) is 0 Å². The Morgan fingerprint density at radius 1 is 1.05 bits per heavy atom. The van der Waals surface area contributed by atoms with Gasteiger partial charge in [-0.3, -0.25) is 4.48 Å². The van der Waals surface area contributed by atoms with E-state index in [1.165, 1.54) is 0 Å². The van der Waals surface area contributed by atoms with Crippen molar-refractivity contribution >= 4 is 23.9 Å². The topological polar surface area (TPSA) is 187 Å². The second kappa shape index (κ2) is 13.0. The monoisotopic (exact) mass is 340 g/mol. The van der Waals surface area contributed by atoms with Crippen molar-refractivity contribution in [2.45, 2.75) is 6.04 Å². The molecule has 0 saturated carbocycles. The molecule has 1 unspecified atom stereocenters. The first-order valence-electron chi connectivity index (χ1n) is 4.99. The van der Waals surface area contributed by atoms with E-state index >= 15 is 0 Å².